The van der Waals surface area contributed by atoms with E-state index in [4.69, 9.17) is 25.8 Å². The monoisotopic (exact) mass is 486 g/mol. The number of hydrogen-bond donors (Lipinski definition) is 1. The molecule has 1 N–H and O–H groups in total. The average Bonchev–Trinajstić information content (AvgIpc) is 3.10. The number of piperidine rings is 1. The van der Waals surface area contributed by atoms with Crippen LogP contribution in [0.3, 0.4) is 0 Å². The molecule has 0 bridgehead atoms. The minimum absolute atomic E-state index is 0.0304. The Kier molecular flexibility index (Phi) is 8.06. The lowest BCUT2D eigenvalue weighted by Gasteiger charge is -2.38. The Morgan fingerprint density at radius 2 is 2.00 bits per heavy atom. The number of carbonyl (C=O) groups is 1. The van der Waals surface area contributed by atoms with Crippen molar-refractivity contribution in [3.63, 3.8) is 0 Å². The van der Waals surface area contributed by atoms with E-state index in [-0.39, 0.29) is 24.5 Å². The van der Waals surface area contributed by atoms with Gasteiger partial charge in [-0.3, -0.25) is 4.79 Å². The molecular formula is C23H35ClN2O5S. The van der Waals surface area contributed by atoms with Crippen LogP contribution in [-0.2, 0) is 25.6 Å². The van der Waals surface area contributed by atoms with Crippen molar-refractivity contribution in [3.05, 3.63) is 28.8 Å². The molecule has 2 saturated heterocycles. The lowest BCUT2D eigenvalue weighted by atomic mass is 9.85. The van der Waals surface area contributed by atoms with Crippen molar-refractivity contribution in [1.29, 1.82) is 0 Å². The first-order chi connectivity index (χ1) is 14.9. The third kappa shape index (κ3) is 6.10. The van der Waals surface area contributed by atoms with Crippen LogP contribution in [0.25, 0.3) is 0 Å². The van der Waals surface area contributed by atoms with Crippen molar-refractivity contribution in [2.75, 3.05) is 26.8 Å². The van der Waals surface area contributed by atoms with Gasteiger partial charge in [-0.05, 0) is 71.6 Å². The molecule has 2 aliphatic heterocycles. The summed E-state index contributed by atoms with van der Waals surface area (Å²) in [4.78, 5) is 14.8. The number of likely N-dealkylation sites (tertiary alicyclic amines) is 1. The molecule has 2 aliphatic rings. The first-order valence-electron chi connectivity index (χ1n) is 11.0. The fourth-order valence-corrected chi connectivity index (χ4v) is 5.20. The minimum Gasteiger partial charge on any atom is -0.598 e. The fourth-order valence-electron chi connectivity index (χ4n) is 4.12. The highest BCUT2D eigenvalue weighted by Crippen LogP contribution is 2.38. The van der Waals surface area contributed by atoms with Crippen molar-refractivity contribution in [2.24, 2.45) is 5.92 Å². The van der Waals surface area contributed by atoms with E-state index in [0.717, 1.165) is 18.4 Å². The van der Waals surface area contributed by atoms with Crippen LogP contribution in [0.5, 0.6) is 5.75 Å². The second kappa shape index (κ2) is 10.1. The van der Waals surface area contributed by atoms with Crippen LogP contribution in [-0.4, -0.2) is 58.8 Å². The van der Waals surface area contributed by atoms with Crippen LogP contribution >= 0.6 is 11.6 Å². The smallest absolute Gasteiger partial charge is 0.254 e. The van der Waals surface area contributed by atoms with Gasteiger partial charge in [-0.25, -0.2) is 0 Å². The highest BCUT2D eigenvalue weighted by Gasteiger charge is 2.41. The van der Waals surface area contributed by atoms with E-state index >= 15 is 0 Å². The maximum absolute atomic E-state index is 13.0. The molecule has 1 amide bonds. The van der Waals surface area contributed by atoms with Gasteiger partial charge in [-0.2, -0.15) is 0 Å². The number of rotatable bonds is 6. The van der Waals surface area contributed by atoms with E-state index in [2.05, 4.69) is 4.72 Å². The Balaban J connectivity index is 1.75. The standard InChI is InChI=1S/C23H35ClN2O5S/c1-22(2,3)32(28)25-20(17-13-16(24)7-8-18(17)29-6)15-9-11-26(12-10-15)21(27)19-14-30-23(4,5)31-19/h7-8,13,15,19-20,25H,9-12,14H2,1-6H3/t19-,20-,32+/m1/s1. The molecule has 0 unspecified atom stereocenters. The predicted octanol–water partition coefficient (Wildman–Crippen LogP) is 3.83. The minimum atomic E-state index is -1.28. The molecule has 0 radical (unpaired) electrons. The highest BCUT2D eigenvalue weighted by atomic mass is 35.5. The molecular weight excluding hydrogens is 452 g/mol. The number of methoxy groups -OCH3 is 1. The van der Waals surface area contributed by atoms with Crippen LogP contribution in [0.4, 0.5) is 0 Å². The third-order valence-corrected chi connectivity index (χ3v) is 7.74. The van der Waals surface area contributed by atoms with Crippen molar-refractivity contribution < 1.29 is 23.6 Å². The van der Waals surface area contributed by atoms with Crippen molar-refractivity contribution >= 4 is 28.9 Å². The van der Waals surface area contributed by atoms with E-state index < -0.39 is 28.0 Å². The number of halogens is 1. The number of ether oxygens (including phenoxy) is 3. The lowest BCUT2D eigenvalue weighted by Crippen LogP contribution is -2.48. The van der Waals surface area contributed by atoms with Crippen molar-refractivity contribution in [3.8, 4) is 5.75 Å². The van der Waals surface area contributed by atoms with Gasteiger partial charge in [0, 0.05) is 35.0 Å². The molecule has 0 spiro atoms. The van der Waals surface area contributed by atoms with Gasteiger partial charge >= 0.3 is 0 Å². The Hall–Kier alpha value is -1.03. The van der Waals surface area contributed by atoms with Gasteiger partial charge in [0.2, 0.25) is 0 Å². The number of nitrogens with zero attached hydrogens (tertiary/aromatic N) is 1. The van der Waals surface area contributed by atoms with Gasteiger partial charge in [0.25, 0.3) is 5.91 Å². The first-order valence-corrected chi connectivity index (χ1v) is 12.6. The summed E-state index contributed by atoms with van der Waals surface area (Å²) < 4.78 is 32.8. The van der Waals surface area contributed by atoms with Gasteiger partial charge < -0.3 is 23.7 Å². The SMILES string of the molecule is COc1ccc(Cl)cc1[C@H](N[S@@+]([O-])C(C)(C)C)C1CCN(C(=O)[C@H]2COC(C)(C)O2)CC1. The molecule has 7 nitrogen and oxygen atoms in total. The fraction of sp³-hybridized carbons (Fsp3) is 0.696. The molecule has 32 heavy (non-hydrogen) atoms. The second-order valence-electron chi connectivity index (χ2n) is 9.84. The molecule has 0 aliphatic carbocycles. The van der Waals surface area contributed by atoms with E-state index in [1.807, 2.05) is 51.7 Å². The quantitative estimate of drug-likeness (QED) is 0.615. The molecule has 3 atom stereocenters. The van der Waals surface area contributed by atoms with Crippen molar-refractivity contribution in [2.45, 2.75) is 70.1 Å². The van der Waals surface area contributed by atoms with Crippen molar-refractivity contribution in [1.82, 2.24) is 9.62 Å². The topological polar surface area (TPSA) is 83.1 Å². The van der Waals surface area contributed by atoms with Crippen LogP contribution < -0.4 is 9.46 Å². The predicted molar refractivity (Wildman–Crippen MR) is 126 cm³/mol. The van der Waals surface area contributed by atoms with Gasteiger partial charge in [0.1, 0.15) is 10.5 Å². The Morgan fingerprint density at radius 3 is 2.53 bits per heavy atom. The molecule has 180 valence electrons. The average molecular weight is 487 g/mol. The van der Waals surface area contributed by atoms with Gasteiger partial charge in [-0.15, -0.1) is 4.72 Å². The number of nitrogens with one attached hydrogen (secondary N) is 1. The molecule has 2 heterocycles. The Labute approximate surface area is 199 Å². The molecule has 1 aromatic rings. The molecule has 1 aromatic carbocycles. The number of benzene rings is 1. The molecule has 0 aromatic heterocycles. The van der Waals surface area contributed by atoms with Crippen LogP contribution in [0.15, 0.2) is 18.2 Å². The third-order valence-electron chi connectivity index (χ3n) is 5.92. The highest BCUT2D eigenvalue weighted by molar-refractivity contribution is 7.90. The summed E-state index contributed by atoms with van der Waals surface area (Å²) in [6.45, 7) is 10.9. The lowest BCUT2D eigenvalue weighted by molar-refractivity contribution is -0.161. The summed E-state index contributed by atoms with van der Waals surface area (Å²) in [5.74, 6) is 0.107. The summed E-state index contributed by atoms with van der Waals surface area (Å²) in [6, 6.07) is 5.28. The molecule has 9 heteroatoms. The van der Waals surface area contributed by atoms with Crippen LogP contribution in [0, 0.1) is 5.92 Å². The normalized spacial score (nSPS) is 23.8. The van der Waals surface area contributed by atoms with Gasteiger partial charge in [-0.1, -0.05) is 11.6 Å². The number of hydrogen-bond acceptors (Lipinski definition) is 6. The Bertz CT molecular complexity index is 808. The maximum atomic E-state index is 13.0. The molecule has 3 rings (SSSR count). The first kappa shape index (κ1) is 25.6. The maximum Gasteiger partial charge on any atom is 0.254 e. The summed E-state index contributed by atoms with van der Waals surface area (Å²) in [6.07, 6.45) is 0.964. The van der Waals surface area contributed by atoms with Gasteiger partial charge in [0.15, 0.2) is 11.9 Å². The summed E-state index contributed by atoms with van der Waals surface area (Å²) in [5.41, 5.74) is 0.886. The summed E-state index contributed by atoms with van der Waals surface area (Å²) in [7, 11) is 1.62. The zero-order valence-electron chi connectivity index (χ0n) is 19.8. The van der Waals surface area contributed by atoms with E-state index in [1.165, 1.54) is 0 Å². The van der Waals surface area contributed by atoms with E-state index in [9.17, 15) is 9.35 Å². The second-order valence-corrected chi connectivity index (χ2v) is 12.3. The Morgan fingerprint density at radius 1 is 1.34 bits per heavy atom. The van der Waals surface area contributed by atoms with E-state index in [1.54, 1.807) is 13.2 Å². The summed E-state index contributed by atoms with van der Waals surface area (Å²) in [5, 5.41) is 0.600. The van der Waals surface area contributed by atoms with Crippen LogP contribution in [0.2, 0.25) is 5.02 Å². The summed E-state index contributed by atoms with van der Waals surface area (Å²) >= 11 is 5.03. The zero-order chi connectivity index (χ0) is 23.7. The van der Waals surface area contributed by atoms with Gasteiger partial charge in [0.05, 0.1) is 19.8 Å². The molecule has 0 saturated carbocycles. The van der Waals surface area contributed by atoms with Crippen LogP contribution in [0.1, 0.15) is 59.1 Å². The zero-order valence-corrected chi connectivity index (χ0v) is 21.3. The largest absolute Gasteiger partial charge is 0.598 e. The number of amides is 1. The van der Waals surface area contributed by atoms with E-state index in [0.29, 0.717) is 23.9 Å². The number of carbonyl (C=O) groups excluding carboxylic acids is 1. The molecule has 2 fully saturated rings.